The number of rotatable bonds is 3. The normalized spacial score (nSPS) is 21.0. The Morgan fingerprint density at radius 1 is 1.44 bits per heavy atom. The van der Waals surface area contributed by atoms with Crippen molar-refractivity contribution < 1.29 is 0 Å². The van der Waals surface area contributed by atoms with Crippen molar-refractivity contribution >= 4 is 17.3 Å². The molecule has 0 aromatic heterocycles. The highest BCUT2D eigenvalue weighted by Gasteiger charge is 2.22. The molecule has 100 valence electrons. The summed E-state index contributed by atoms with van der Waals surface area (Å²) in [5.41, 5.74) is 3.86. The molecule has 1 aliphatic rings. The summed E-state index contributed by atoms with van der Waals surface area (Å²) in [7, 11) is 4.43. The number of hydrogen-bond donors (Lipinski definition) is 0. The molecule has 18 heavy (non-hydrogen) atoms. The first-order valence-electron chi connectivity index (χ1n) is 6.68. The highest BCUT2D eigenvalue weighted by Crippen LogP contribution is 2.25. The molecule has 0 spiro atoms. The van der Waals surface area contributed by atoms with E-state index in [9.17, 15) is 0 Å². The van der Waals surface area contributed by atoms with Crippen LogP contribution in [0.4, 0.5) is 5.69 Å². The summed E-state index contributed by atoms with van der Waals surface area (Å²) in [6.07, 6.45) is 2.59. The van der Waals surface area contributed by atoms with E-state index >= 15 is 0 Å². The fraction of sp³-hybridized carbons (Fsp3) is 0.600. The van der Waals surface area contributed by atoms with Gasteiger partial charge in [0.15, 0.2) is 0 Å². The number of piperidine rings is 1. The van der Waals surface area contributed by atoms with Gasteiger partial charge < -0.3 is 9.80 Å². The first-order valence-corrected chi connectivity index (χ1v) is 7.22. The quantitative estimate of drug-likeness (QED) is 0.775. The SMILES string of the molecule is Cc1cc(CCl)ccc1N(C)C1CCCN(C)C1. The van der Waals surface area contributed by atoms with E-state index in [2.05, 4.69) is 49.0 Å². The fourth-order valence-corrected chi connectivity index (χ4v) is 3.01. The van der Waals surface area contributed by atoms with Crippen molar-refractivity contribution in [3.8, 4) is 0 Å². The van der Waals surface area contributed by atoms with Gasteiger partial charge in [-0.15, -0.1) is 11.6 Å². The maximum absolute atomic E-state index is 5.88. The molecule has 1 aliphatic heterocycles. The molecule has 0 aliphatic carbocycles. The summed E-state index contributed by atoms with van der Waals surface area (Å²) in [5, 5.41) is 0. The van der Waals surface area contributed by atoms with E-state index in [1.807, 2.05) is 0 Å². The Morgan fingerprint density at radius 3 is 2.83 bits per heavy atom. The van der Waals surface area contributed by atoms with Crippen LogP contribution in [0.2, 0.25) is 0 Å². The Balaban J connectivity index is 2.15. The second kappa shape index (κ2) is 5.94. The Bertz CT molecular complexity index is 405. The summed E-state index contributed by atoms with van der Waals surface area (Å²) >= 11 is 5.88. The molecule has 0 radical (unpaired) electrons. The van der Waals surface area contributed by atoms with Gasteiger partial charge in [0.1, 0.15) is 0 Å². The third kappa shape index (κ3) is 2.99. The van der Waals surface area contributed by atoms with Crippen molar-refractivity contribution in [3.05, 3.63) is 29.3 Å². The van der Waals surface area contributed by atoms with Crippen LogP contribution in [0.5, 0.6) is 0 Å². The van der Waals surface area contributed by atoms with Gasteiger partial charge in [-0.05, 0) is 50.6 Å². The van der Waals surface area contributed by atoms with Crippen molar-refractivity contribution in [2.45, 2.75) is 31.7 Å². The smallest absolute Gasteiger partial charge is 0.0474 e. The first-order chi connectivity index (χ1) is 8.61. The predicted octanol–water partition coefficient (Wildman–Crippen LogP) is 3.26. The lowest BCUT2D eigenvalue weighted by molar-refractivity contribution is 0.248. The average molecular weight is 267 g/mol. The van der Waals surface area contributed by atoms with E-state index in [0.29, 0.717) is 11.9 Å². The van der Waals surface area contributed by atoms with E-state index < -0.39 is 0 Å². The van der Waals surface area contributed by atoms with Gasteiger partial charge in [-0.3, -0.25) is 0 Å². The summed E-state index contributed by atoms with van der Waals surface area (Å²) in [6, 6.07) is 7.18. The molecular formula is C15H23ClN2. The highest BCUT2D eigenvalue weighted by molar-refractivity contribution is 6.17. The summed E-state index contributed by atoms with van der Waals surface area (Å²) in [4.78, 5) is 4.86. The topological polar surface area (TPSA) is 6.48 Å². The molecule has 1 unspecified atom stereocenters. The number of halogens is 1. The molecule has 2 nitrogen and oxygen atoms in total. The second-order valence-corrected chi connectivity index (χ2v) is 5.69. The van der Waals surface area contributed by atoms with Crippen LogP contribution in [-0.2, 0) is 5.88 Å². The largest absolute Gasteiger partial charge is 0.370 e. The molecule has 1 heterocycles. The van der Waals surface area contributed by atoms with Gasteiger partial charge in [0, 0.05) is 31.2 Å². The maximum Gasteiger partial charge on any atom is 0.0474 e. The zero-order valence-electron chi connectivity index (χ0n) is 11.6. The second-order valence-electron chi connectivity index (χ2n) is 5.42. The number of benzene rings is 1. The van der Waals surface area contributed by atoms with Gasteiger partial charge in [0.05, 0.1) is 0 Å². The van der Waals surface area contributed by atoms with E-state index in [0.717, 1.165) is 6.54 Å². The van der Waals surface area contributed by atoms with Crippen LogP contribution < -0.4 is 4.90 Å². The number of likely N-dealkylation sites (tertiary alicyclic amines) is 1. The van der Waals surface area contributed by atoms with Crippen molar-refractivity contribution in [2.75, 3.05) is 32.1 Å². The first kappa shape index (κ1) is 13.7. The van der Waals surface area contributed by atoms with Crippen LogP contribution in [0.15, 0.2) is 18.2 Å². The van der Waals surface area contributed by atoms with E-state index in [4.69, 9.17) is 11.6 Å². The van der Waals surface area contributed by atoms with Crippen LogP contribution in [-0.4, -0.2) is 38.1 Å². The van der Waals surface area contributed by atoms with Crippen molar-refractivity contribution in [3.63, 3.8) is 0 Å². The number of hydrogen-bond acceptors (Lipinski definition) is 2. The van der Waals surface area contributed by atoms with Gasteiger partial charge in [-0.2, -0.15) is 0 Å². The van der Waals surface area contributed by atoms with Gasteiger partial charge in [-0.1, -0.05) is 12.1 Å². The van der Waals surface area contributed by atoms with Crippen LogP contribution in [0.1, 0.15) is 24.0 Å². The molecule has 1 aromatic carbocycles. The van der Waals surface area contributed by atoms with Crippen LogP contribution >= 0.6 is 11.6 Å². The van der Waals surface area contributed by atoms with Gasteiger partial charge in [0.25, 0.3) is 0 Å². The Labute approximate surface area is 116 Å². The van der Waals surface area contributed by atoms with Gasteiger partial charge in [-0.25, -0.2) is 0 Å². The number of anilines is 1. The molecule has 3 heteroatoms. The highest BCUT2D eigenvalue weighted by atomic mass is 35.5. The summed E-state index contributed by atoms with van der Waals surface area (Å²) < 4.78 is 0. The minimum absolute atomic E-state index is 0.594. The molecule has 0 amide bonds. The van der Waals surface area contributed by atoms with E-state index in [1.165, 1.54) is 36.2 Å². The lowest BCUT2D eigenvalue weighted by Gasteiger charge is -2.37. The third-order valence-electron chi connectivity index (χ3n) is 3.94. The minimum Gasteiger partial charge on any atom is -0.370 e. The Kier molecular flexibility index (Phi) is 4.52. The summed E-state index contributed by atoms with van der Waals surface area (Å²) in [5.74, 6) is 0.594. The molecule has 0 N–H and O–H groups in total. The third-order valence-corrected chi connectivity index (χ3v) is 4.25. The summed E-state index contributed by atoms with van der Waals surface area (Å²) in [6.45, 7) is 4.57. The van der Waals surface area contributed by atoms with E-state index in [1.54, 1.807) is 0 Å². The van der Waals surface area contributed by atoms with Crippen molar-refractivity contribution in [2.24, 2.45) is 0 Å². The van der Waals surface area contributed by atoms with Gasteiger partial charge in [0.2, 0.25) is 0 Å². The molecule has 0 saturated carbocycles. The lowest BCUT2D eigenvalue weighted by atomic mass is 10.0. The molecule has 1 atom stereocenters. The predicted molar refractivity (Wildman–Crippen MR) is 79.7 cm³/mol. The van der Waals surface area contributed by atoms with Crippen molar-refractivity contribution in [1.82, 2.24) is 4.90 Å². The number of likely N-dealkylation sites (N-methyl/N-ethyl adjacent to an activating group) is 2. The fourth-order valence-electron chi connectivity index (χ4n) is 2.85. The number of aryl methyl sites for hydroxylation is 1. The Morgan fingerprint density at radius 2 is 2.22 bits per heavy atom. The maximum atomic E-state index is 5.88. The average Bonchev–Trinajstić information content (AvgIpc) is 2.37. The zero-order chi connectivity index (χ0) is 13.1. The minimum atomic E-state index is 0.594. The van der Waals surface area contributed by atoms with Crippen LogP contribution in [0.3, 0.4) is 0 Å². The standard InChI is InChI=1S/C15H23ClN2/c1-12-9-13(10-16)6-7-15(12)18(3)14-5-4-8-17(2)11-14/h6-7,9,14H,4-5,8,10-11H2,1-3H3. The molecule has 1 saturated heterocycles. The number of alkyl halides is 1. The lowest BCUT2D eigenvalue weighted by Crippen LogP contribution is -2.45. The molecular weight excluding hydrogens is 244 g/mol. The van der Waals surface area contributed by atoms with Crippen LogP contribution in [0, 0.1) is 6.92 Å². The molecule has 1 aromatic rings. The van der Waals surface area contributed by atoms with Crippen molar-refractivity contribution in [1.29, 1.82) is 0 Å². The van der Waals surface area contributed by atoms with E-state index in [-0.39, 0.29) is 0 Å². The monoisotopic (exact) mass is 266 g/mol. The van der Waals surface area contributed by atoms with Crippen LogP contribution in [0.25, 0.3) is 0 Å². The van der Waals surface area contributed by atoms with Gasteiger partial charge >= 0.3 is 0 Å². The number of nitrogens with zero attached hydrogens (tertiary/aromatic N) is 2. The molecule has 1 fully saturated rings. The molecule has 2 rings (SSSR count). The Hall–Kier alpha value is -0.730. The zero-order valence-corrected chi connectivity index (χ0v) is 12.4. The molecule has 0 bridgehead atoms.